The van der Waals surface area contributed by atoms with Gasteiger partial charge in [-0.25, -0.2) is 4.39 Å². The Labute approximate surface area is 189 Å². The second kappa shape index (κ2) is 8.35. The third kappa shape index (κ3) is 3.67. The molecule has 2 aromatic heterocycles. The molecule has 1 saturated heterocycles. The number of rotatable bonds is 5. The predicted molar refractivity (Wildman–Crippen MR) is 122 cm³/mol. The molecule has 0 spiro atoms. The number of likely N-dealkylation sites (tertiary alicyclic amines) is 1. The van der Waals surface area contributed by atoms with Crippen LogP contribution in [0.4, 0.5) is 4.39 Å². The molecular weight excluding hydrogens is 421 g/mol. The maximum absolute atomic E-state index is 13.4. The Hall–Kier alpha value is -4.26. The van der Waals surface area contributed by atoms with Crippen LogP contribution in [0.5, 0.6) is 0 Å². The lowest BCUT2D eigenvalue weighted by Crippen LogP contribution is -2.32. The van der Waals surface area contributed by atoms with Gasteiger partial charge >= 0.3 is 0 Å². The second-order valence-electron chi connectivity index (χ2n) is 7.86. The van der Waals surface area contributed by atoms with Gasteiger partial charge in [-0.2, -0.15) is 0 Å². The number of nitrogens with zero attached hydrogens (tertiary/aromatic N) is 2. The molecule has 2 N–H and O–H groups in total. The van der Waals surface area contributed by atoms with Crippen LogP contribution in [0.15, 0.2) is 84.7 Å². The zero-order valence-electron chi connectivity index (χ0n) is 17.5. The molecule has 1 fully saturated rings. The van der Waals surface area contributed by atoms with Crippen molar-refractivity contribution in [2.45, 2.75) is 12.5 Å². The number of H-pyrrole nitrogens is 1. The van der Waals surface area contributed by atoms with Gasteiger partial charge in [0, 0.05) is 35.4 Å². The highest BCUT2D eigenvalue weighted by Gasteiger charge is 2.46. The number of hydrogen-bond acceptors (Lipinski definition) is 4. The van der Waals surface area contributed by atoms with Crippen LogP contribution >= 0.6 is 0 Å². The number of carbonyl (C=O) groups excluding carboxylic acids is 2. The molecule has 1 atom stereocenters. The number of aliphatic hydroxyl groups excluding tert-OH is 1. The molecular formula is C26H20FN3O3. The normalized spacial score (nSPS) is 17.7. The summed E-state index contributed by atoms with van der Waals surface area (Å²) in [6.07, 6.45) is 3.99. The lowest BCUT2D eigenvalue weighted by atomic mass is 9.98. The van der Waals surface area contributed by atoms with E-state index >= 15 is 0 Å². The van der Waals surface area contributed by atoms with E-state index in [1.54, 1.807) is 24.4 Å². The van der Waals surface area contributed by atoms with Gasteiger partial charge in [0.15, 0.2) is 0 Å². The number of fused-ring (bicyclic) bond motifs is 1. The average molecular weight is 441 g/mol. The van der Waals surface area contributed by atoms with Gasteiger partial charge in [-0.15, -0.1) is 0 Å². The van der Waals surface area contributed by atoms with E-state index in [9.17, 15) is 19.1 Å². The van der Waals surface area contributed by atoms with Crippen molar-refractivity contribution in [3.05, 3.63) is 107 Å². The first-order chi connectivity index (χ1) is 16.0. The smallest absolute Gasteiger partial charge is 0.295 e. The number of para-hydroxylation sites is 1. The van der Waals surface area contributed by atoms with Crippen molar-refractivity contribution in [3.63, 3.8) is 0 Å². The van der Waals surface area contributed by atoms with Gasteiger partial charge in [-0.1, -0.05) is 24.3 Å². The predicted octanol–water partition coefficient (Wildman–Crippen LogP) is 4.37. The Balaban J connectivity index is 1.55. The Morgan fingerprint density at radius 1 is 1.03 bits per heavy atom. The molecule has 0 radical (unpaired) electrons. The van der Waals surface area contributed by atoms with Crippen LogP contribution in [0.3, 0.4) is 0 Å². The monoisotopic (exact) mass is 441 g/mol. The summed E-state index contributed by atoms with van der Waals surface area (Å²) in [5.74, 6) is -2.30. The topological polar surface area (TPSA) is 86.3 Å². The first-order valence-electron chi connectivity index (χ1n) is 10.5. The molecule has 33 heavy (non-hydrogen) atoms. The number of aromatic nitrogens is 2. The van der Waals surface area contributed by atoms with Crippen molar-refractivity contribution in [2.75, 3.05) is 6.54 Å². The molecule has 1 amide bonds. The SMILES string of the molecule is O=C1C(=O)N(CCc2c[nH]c3ccccc23)C(c2ccccn2)/C1=C(/O)c1ccc(F)cc1. The minimum atomic E-state index is -0.846. The van der Waals surface area contributed by atoms with Crippen LogP contribution in [-0.2, 0) is 16.0 Å². The molecule has 0 bridgehead atoms. The van der Waals surface area contributed by atoms with Gasteiger partial charge in [0.25, 0.3) is 11.7 Å². The standard InChI is InChI=1S/C26H20FN3O3/c27-18-10-8-16(9-11-18)24(31)22-23(21-7-3-4-13-28-21)30(26(33)25(22)32)14-12-17-15-29-20-6-2-1-5-19(17)20/h1-11,13,15,23,29,31H,12,14H2/b24-22-. The van der Waals surface area contributed by atoms with Crippen LogP contribution in [0.1, 0.15) is 22.9 Å². The first kappa shape index (κ1) is 20.6. The minimum absolute atomic E-state index is 0.0516. The molecule has 2 aromatic carbocycles. The summed E-state index contributed by atoms with van der Waals surface area (Å²) in [4.78, 5) is 35.1. The van der Waals surface area contributed by atoms with Gasteiger partial charge in [-0.3, -0.25) is 14.6 Å². The largest absolute Gasteiger partial charge is 0.507 e. The van der Waals surface area contributed by atoms with Crippen molar-refractivity contribution < 1.29 is 19.1 Å². The van der Waals surface area contributed by atoms with Gasteiger partial charge in [0.2, 0.25) is 0 Å². The Morgan fingerprint density at radius 3 is 2.55 bits per heavy atom. The van der Waals surface area contributed by atoms with Crippen LogP contribution in [-0.4, -0.2) is 38.2 Å². The number of carbonyl (C=O) groups is 2. The number of Topliss-reactive ketones (excluding diaryl/α,β-unsaturated/α-hetero) is 1. The molecule has 7 heteroatoms. The summed E-state index contributed by atoms with van der Waals surface area (Å²) in [6, 6.07) is 17.4. The van der Waals surface area contributed by atoms with Crippen molar-refractivity contribution in [2.24, 2.45) is 0 Å². The number of aliphatic hydroxyl groups is 1. The highest BCUT2D eigenvalue weighted by atomic mass is 19.1. The summed E-state index contributed by atoms with van der Waals surface area (Å²) < 4.78 is 13.4. The molecule has 1 aliphatic heterocycles. The van der Waals surface area contributed by atoms with Crippen molar-refractivity contribution in [1.82, 2.24) is 14.9 Å². The number of halogens is 1. The van der Waals surface area contributed by atoms with Crippen molar-refractivity contribution in [3.8, 4) is 0 Å². The lowest BCUT2D eigenvalue weighted by molar-refractivity contribution is -0.139. The number of pyridine rings is 1. The number of aromatic amines is 1. The molecule has 0 saturated carbocycles. The maximum Gasteiger partial charge on any atom is 0.295 e. The maximum atomic E-state index is 13.4. The van der Waals surface area contributed by atoms with Gasteiger partial charge < -0.3 is 15.0 Å². The van der Waals surface area contributed by atoms with Crippen LogP contribution in [0, 0.1) is 5.82 Å². The fourth-order valence-electron chi connectivity index (χ4n) is 4.30. The minimum Gasteiger partial charge on any atom is -0.507 e. The fraction of sp³-hybridized carbons (Fsp3) is 0.115. The van der Waals surface area contributed by atoms with E-state index in [1.165, 1.54) is 29.2 Å². The molecule has 5 rings (SSSR count). The summed E-state index contributed by atoms with van der Waals surface area (Å²) >= 11 is 0. The molecule has 1 aliphatic rings. The number of hydrogen-bond donors (Lipinski definition) is 2. The highest BCUT2D eigenvalue weighted by molar-refractivity contribution is 6.46. The average Bonchev–Trinajstić information content (AvgIpc) is 3.37. The van der Waals surface area contributed by atoms with E-state index < -0.39 is 23.5 Å². The van der Waals surface area contributed by atoms with Crippen molar-refractivity contribution in [1.29, 1.82) is 0 Å². The molecule has 4 aromatic rings. The molecule has 6 nitrogen and oxygen atoms in total. The third-order valence-corrected chi connectivity index (χ3v) is 5.92. The second-order valence-corrected chi connectivity index (χ2v) is 7.86. The molecule has 1 unspecified atom stereocenters. The Morgan fingerprint density at radius 2 is 1.79 bits per heavy atom. The first-order valence-corrected chi connectivity index (χ1v) is 10.5. The van der Waals surface area contributed by atoms with E-state index in [-0.39, 0.29) is 23.4 Å². The molecule has 164 valence electrons. The van der Waals surface area contributed by atoms with Crippen LogP contribution in [0.25, 0.3) is 16.7 Å². The number of ketones is 1. The van der Waals surface area contributed by atoms with Crippen molar-refractivity contribution >= 4 is 28.4 Å². The number of amides is 1. The summed E-state index contributed by atoms with van der Waals surface area (Å²) in [5.41, 5.74) is 2.69. The molecule has 3 heterocycles. The summed E-state index contributed by atoms with van der Waals surface area (Å²) in [5, 5.41) is 12.0. The van der Waals surface area contributed by atoms with E-state index in [2.05, 4.69) is 9.97 Å². The third-order valence-electron chi connectivity index (χ3n) is 5.92. The van der Waals surface area contributed by atoms with Gasteiger partial charge in [0.05, 0.1) is 11.3 Å². The van der Waals surface area contributed by atoms with E-state index in [1.807, 2.05) is 30.5 Å². The van der Waals surface area contributed by atoms with E-state index in [0.717, 1.165) is 16.5 Å². The molecule has 0 aliphatic carbocycles. The van der Waals surface area contributed by atoms with Gasteiger partial charge in [0.1, 0.15) is 17.6 Å². The lowest BCUT2D eigenvalue weighted by Gasteiger charge is -2.24. The van der Waals surface area contributed by atoms with Crippen LogP contribution < -0.4 is 0 Å². The zero-order valence-corrected chi connectivity index (χ0v) is 17.5. The zero-order chi connectivity index (χ0) is 22.9. The highest BCUT2D eigenvalue weighted by Crippen LogP contribution is 2.38. The van der Waals surface area contributed by atoms with E-state index in [0.29, 0.717) is 12.1 Å². The van der Waals surface area contributed by atoms with E-state index in [4.69, 9.17) is 0 Å². The van der Waals surface area contributed by atoms with Gasteiger partial charge in [-0.05, 0) is 54.4 Å². The number of benzene rings is 2. The summed E-state index contributed by atoms with van der Waals surface area (Å²) in [7, 11) is 0. The number of nitrogens with one attached hydrogen (secondary N) is 1. The van der Waals surface area contributed by atoms with Crippen LogP contribution in [0.2, 0.25) is 0 Å². The Kier molecular flexibility index (Phi) is 5.22. The quantitative estimate of drug-likeness (QED) is 0.274. The Bertz CT molecular complexity index is 1380. The fourth-order valence-corrected chi connectivity index (χ4v) is 4.30. The summed E-state index contributed by atoms with van der Waals surface area (Å²) in [6.45, 7) is 0.258.